The van der Waals surface area contributed by atoms with Gasteiger partial charge in [0.25, 0.3) is 0 Å². The number of methoxy groups -OCH3 is 1. The molecule has 0 amide bonds. The lowest BCUT2D eigenvalue weighted by Gasteiger charge is -2.13. The highest BCUT2D eigenvalue weighted by Gasteiger charge is 2.23. The van der Waals surface area contributed by atoms with Crippen LogP contribution < -0.4 is 8.92 Å². The predicted molar refractivity (Wildman–Crippen MR) is 86.2 cm³/mol. The lowest BCUT2D eigenvalue weighted by atomic mass is 10.1. The summed E-state index contributed by atoms with van der Waals surface area (Å²) in [6.45, 7) is 7.54. The molecule has 0 aliphatic rings. The number of ether oxygens (including phenoxy) is 1. The highest BCUT2D eigenvalue weighted by molar-refractivity contribution is 7.87. The second-order valence-electron chi connectivity index (χ2n) is 5.45. The van der Waals surface area contributed by atoms with Crippen molar-refractivity contribution in [3.05, 3.63) is 52.6 Å². The smallest absolute Gasteiger partial charge is 0.342 e. The highest BCUT2D eigenvalue weighted by Crippen LogP contribution is 2.30. The number of hydrogen-bond acceptors (Lipinski definition) is 4. The van der Waals surface area contributed by atoms with Gasteiger partial charge in [-0.05, 0) is 74.2 Å². The first-order valence-electron chi connectivity index (χ1n) is 6.91. The van der Waals surface area contributed by atoms with E-state index >= 15 is 0 Å². The fraction of sp³-hybridized carbons (Fsp3) is 0.294. The van der Waals surface area contributed by atoms with Gasteiger partial charge >= 0.3 is 10.1 Å². The van der Waals surface area contributed by atoms with Crippen LogP contribution in [0, 0.1) is 27.7 Å². The molecule has 2 rings (SSSR count). The van der Waals surface area contributed by atoms with Gasteiger partial charge in [0.05, 0.1) is 7.11 Å². The maximum atomic E-state index is 12.6. The minimum absolute atomic E-state index is 0.0391. The third-order valence-electron chi connectivity index (χ3n) is 3.45. The number of hydrogen-bond donors (Lipinski definition) is 0. The van der Waals surface area contributed by atoms with Crippen molar-refractivity contribution in [1.29, 1.82) is 0 Å². The Balaban J connectivity index is 2.49. The van der Waals surface area contributed by atoms with Crippen LogP contribution in [-0.4, -0.2) is 15.5 Å². The number of rotatable bonds is 4. The van der Waals surface area contributed by atoms with Crippen molar-refractivity contribution in [2.75, 3.05) is 7.11 Å². The van der Waals surface area contributed by atoms with Crippen molar-refractivity contribution in [3.8, 4) is 11.5 Å². The highest BCUT2D eigenvalue weighted by atomic mass is 32.2. The first-order chi connectivity index (χ1) is 10.2. The second kappa shape index (κ2) is 6.01. The summed E-state index contributed by atoms with van der Waals surface area (Å²) in [5, 5.41) is 0. The van der Waals surface area contributed by atoms with Crippen molar-refractivity contribution in [2.45, 2.75) is 32.6 Å². The second-order valence-corrected chi connectivity index (χ2v) is 6.96. The third-order valence-corrected chi connectivity index (χ3v) is 4.72. The van der Waals surface area contributed by atoms with Gasteiger partial charge in [0.2, 0.25) is 0 Å². The van der Waals surface area contributed by atoms with Gasteiger partial charge in [-0.3, -0.25) is 0 Å². The van der Waals surface area contributed by atoms with E-state index in [1.54, 1.807) is 24.3 Å². The van der Waals surface area contributed by atoms with Crippen LogP contribution in [0.15, 0.2) is 35.2 Å². The van der Waals surface area contributed by atoms with E-state index < -0.39 is 10.1 Å². The van der Waals surface area contributed by atoms with E-state index in [9.17, 15) is 8.42 Å². The van der Waals surface area contributed by atoms with Crippen LogP contribution in [-0.2, 0) is 10.1 Å². The van der Waals surface area contributed by atoms with Crippen LogP contribution >= 0.6 is 0 Å². The van der Waals surface area contributed by atoms with Crippen LogP contribution in [0.2, 0.25) is 0 Å². The lowest BCUT2D eigenvalue weighted by molar-refractivity contribution is 0.397. The molecule has 0 spiro atoms. The molecule has 0 bridgehead atoms. The molecule has 0 atom stereocenters. The van der Waals surface area contributed by atoms with Crippen LogP contribution in [0.1, 0.15) is 22.3 Å². The fourth-order valence-corrected chi connectivity index (χ4v) is 3.42. The monoisotopic (exact) mass is 320 g/mol. The first-order valence-corrected chi connectivity index (χ1v) is 8.32. The van der Waals surface area contributed by atoms with Gasteiger partial charge in [-0.1, -0.05) is 6.07 Å². The van der Waals surface area contributed by atoms with Crippen LogP contribution in [0.4, 0.5) is 0 Å². The maximum Gasteiger partial charge on any atom is 0.342 e. The average molecular weight is 320 g/mol. The van der Waals surface area contributed by atoms with E-state index in [4.69, 9.17) is 8.92 Å². The summed E-state index contributed by atoms with van der Waals surface area (Å²) in [7, 11) is -2.51. The van der Waals surface area contributed by atoms with Crippen LogP contribution in [0.3, 0.4) is 0 Å². The summed E-state index contributed by atoms with van der Waals surface area (Å²) < 4.78 is 35.6. The summed E-state index contributed by atoms with van der Waals surface area (Å²) in [5.41, 5.74) is 3.71. The van der Waals surface area contributed by atoms with Crippen LogP contribution in [0.25, 0.3) is 0 Å². The zero-order valence-electron chi connectivity index (χ0n) is 13.4. The van der Waals surface area contributed by atoms with E-state index in [0.717, 1.165) is 22.3 Å². The molecule has 118 valence electrons. The topological polar surface area (TPSA) is 52.6 Å². The molecule has 0 aromatic heterocycles. The molecule has 0 aliphatic heterocycles. The summed E-state index contributed by atoms with van der Waals surface area (Å²) in [5.74, 6) is 0.588. The first kappa shape index (κ1) is 16.4. The van der Waals surface area contributed by atoms with Crippen LogP contribution in [0.5, 0.6) is 11.5 Å². The Morgan fingerprint density at radius 3 is 1.91 bits per heavy atom. The molecule has 0 fully saturated rings. The normalized spacial score (nSPS) is 11.3. The van der Waals surface area contributed by atoms with Gasteiger partial charge < -0.3 is 8.92 Å². The molecule has 22 heavy (non-hydrogen) atoms. The molecule has 5 heteroatoms. The molecular formula is C17H20O4S. The molecule has 2 aromatic carbocycles. The zero-order valence-corrected chi connectivity index (χ0v) is 14.2. The van der Waals surface area contributed by atoms with Gasteiger partial charge in [-0.25, -0.2) is 0 Å². The molecule has 0 radical (unpaired) electrons. The maximum absolute atomic E-state index is 12.6. The molecule has 0 saturated heterocycles. The van der Waals surface area contributed by atoms with Crippen molar-refractivity contribution >= 4 is 10.1 Å². The zero-order chi connectivity index (χ0) is 16.5. The summed E-state index contributed by atoms with van der Waals surface area (Å²) in [6.07, 6.45) is 0. The molecule has 0 saturated carbocycles. The quantitative estimate of drug-likeness (QED) is 0.806. The van der Waals surface area contributed by atoms with Crippen molar-refractivity contribution in [2.24, 2.45) is 0 Å². The fourth-order valence-electron chi connectivity index (χ4n) is 2.27. The van der Waals surface area contributed by atoms with Crippen molar-refractivity contribution in [1.82, 2.24) is 0 Å². The average Bonchev–Trinajstić information content (AvgIpc) is 2.39. The Bertz CT molecular complexity index is 787. The van der Waals surface area contributed by atoms with E-state index in [1.165, 1.54) is 7.11 Å². The molecule has 2 aromatic rings. The van der Waals surface area contributed by atoms with Gasteiger partial charge in [0, 0.05) is 0 Å². The van der Waals surface area contributed by atoms with Crippen molar-refractivity contribution < 1.29 is 17.3 Å². The minimum Gasteiger partial charge on any atom is -0.495 e. The van der Waals surface area contributed by atoms with E-state index in [0.29, 0.717) is 5.75 Å². The van der Waals surface area contributed by atoms with Crippen molar-refractivity contribution in [3.63, 3.8) is 0 Å². The summed E-state index contributed by atoms with van der Waals surface area (Å²) >= 11 is 0. The Hall–Kier alpha value is -2.01. The van der Waals surface area contributed by atoms with E-state index in [2.05, 4.69) is 0 Å². The molecule has 4 nitrogen and oxygen atoms in total. The van der Waals surface area contributed by atoms with Gasteiger partial charge in [-0.15, -0.1) is 0 Å². The third kappa shape index (κ3) is 3.42. The molecule has 0 heterocycles. The Kier molecular flexibility index (Phi) is 4.47. The SMILES string of the molecule is COc1cc(C)c(C)cc1S(=O)(=O)Oc1cc(C)cc(C)c1. The molecule has 0 unspecified atom stereocenters. The summed E-state index contributed by atoms with van der Waals surface area (Å²) in [6, 6.07) is 8.62. The largest absolute Gasteiger partial charge is 0.495 e. The Morgan fingerprint density at radius 2 is 1.36 bits per heavy atom. The van der Waals surface area contributed by atoms with Gasteiger partial charge in [0.15, 0.2) is 0 Å². The van der Waals surface area contributed by atoms with E-state index in [1.807, 2.05) is 33.8 Å². The van der Waals surface area contributed by atoms with Gasteiger partial charge in [-0.2, -0.15) is 8.42 Å². The standard InChI is InChI=1S/C17H20O4S/c1-11-6-12(2)8-15(7-11)21-22(18,19)17-10-14(4)13(3)9-16(17)20-5/h6-10H,1-5H3. The molecule has 0 N–H and O–H groups in total. The molecular weight excluding hydrogens is 300 g/mol. The Morgan fingerprint density at radius 1 is 0.818 bits per heavy atom. The molecule has 0 aliphatic carbocycles. The number of aryl methyl sites for hydroxylation is 4. The number of benzene rings is 2. The van der Waals surface area contributed by atoms with E-state index in [-0.39, 0.29) is 10.6 Å². The van der Waals surface area contributed by atoms with Gasteiger partial charge in [0.1, 0.15) is 16.4 Å². The Labute approximate surface area is 131 Å². The predicted octanol–water partition coefficient (Wildman–Crippen LogP) is 3.70. The minimum atomic E-state index is -3.95. The summed E-state index contributed by atoms with van der Waals surface area (Å²) in [4.78, 5) is 0.0391. The lowest BCUT2D eigenvalue weighted by Crippen LogP contribution is -2.12.